The summed E-state index contributed by atoms with van der Waals surface area (Å²) in [6.45, 7) is 0.641. The number of rotatable bonds is 3. The van der Waals surface area contributed by atoms with Crippen molar-refractivity contribution in [3.05, 3.63) is 57.8 Å². The highest BCUT2D eigenvalue weighted by molar-refractivity contribution is 9.10. The maximum absolute atomic E-state index is 6.10. The fourth-order valence-corrected chi connectivity index (χ4v) is 2.34. The molecule has 0 bridgehead atoms. The van der Waals surface area contributed by atoms with Gasteiger partial charge < -0.3 is 10.6 Å². The van der Waals surface area contributed by atoms with Crippen molar-refractivity contribution >= 4 is 50.5 Å². The summed E-state index contributed by atoms with van der Waals surface area (Å²) in [5, 5.41) is 7.31. The van der Waals surface area contributed by atoms with E-state index < -0.39 is 0 Å². The van der Waals surface area contributed by atoms with Gasteiger partial charge in [-0.25, -0.2) is 0 Å². The summed E-state index contributed by atoms with van der Waals surface area (Å²) in [5.74, 6) is 0. The summed E-state index contributed by atoms with van der Waals surface area (Å²) < 4.78 is 0.929. The molecule has 0 unspecified atom stereocenters. The van der Waals surface area contributed by atoms with Crippen molar-refractivity contribution in [2.75, 3.05) is 5.32 Å². The third kappa shape index (κ3) is 4.45. The van der Waals surface area contributed by atoms with Crippen LogP contribution in [0.4, 0.5) is 5.69 Å². The summed E-state index contributed by atoms with van der Waals surface area (Å²) in [6, 6.07) is 9.45. The van der Waals surface area contributed by atoms with E-state index in [1.807, 2.05) is 30.3 Å². The van der Waals surface area contributed by atoms with Gasteiger partial charge in [-0.15, -0.1) is 0 Å². The van der Waals surface area contributed by atoms with Crippen LogP contribution in [0.3, 0.4) is 0 Å². The van der Waals surface area contributed by atoms with Crippen molar-refractivity contribution in [2.45, 2.75) is 6.54 Å². The predicted octanol–water partition coefficient (Wildman–Crippen LogP) is 3.98. The molecule has 1 heterocycles. The molecule has 1 aromatic heterocycles. The molecular weight excluding hydrogens is 346 g/mol. The molecule has 0 aliphatic rings. The zero-order valence-electron chi connectivity index (χ0n) is 9.86. The Kier molecular flexibility index (Phi) is 5.13. The number of nitrogens with one attached hydrogen (secondary N) is 2. The van der Waals surface area contributed by atoms with E-state index in [4.69, 9.17) is 23.8 Å². The van der Waals surface area contributed by atoms with E-state index >= 15 is 0 Å². The van der Waals surface area contributed by atoms with Crippen LogP contribution in [0.1, 0.15) is 5.56 Å². The molecule has 0 fully saturated rings. The lowest BCUT2D eigenvalue weighted by Gasteiger charge is -2.11. The van der Waals surface area contributed by atoms with Gasteiger partial charge in [0.2, 0.25) is 0 Å². The zero-order valence-corrected chi connectivity index (χ0v) is 13.0. The Balaban J connectivity index is 1.91. The van der Waals surface area contributed by atoms with E-state index in [-0.39, 0.29) is 0 Å². The summed E-state index contributed by atoms with van der Waals surface area (Å²) in [6.07, 6.45) is 3.50. The van der Waals surface area contributed by atoms with Crippen molar-refractivity contribution in [3.8, 4) is 0 Å². The average Bonchev–Trinajstić information content (AvgIpc) is 2.41. The lowest BCUT2D eigenvalue weighted by Crippen LogP contribution is -2.27. The van der Waals surface area contributed by atoms with E-state index in [1.165, 1.54) is 0 Å². The van der Waals surface area contributed by atoms with E-state index in [1.54, 1.807) is 12.4 Å². The summed E-state index contributed by atoms with van der Waals surface area (Å²) >= 11 is 14.7. The van der Waals surface area contributed by atoms with Gasteiger partial charge >= 0.3 is 0 Å². The minimum atomic E-state index is 0.529. The molecule has 0 aliphatic heterocycles. The van der Waals surface area contributed by atoms with E-state index in [9.17, 15) is 0 Å². The first-order valence-electron chi connectivity index (χ1n) is 5.54. The molecule has 3 nitrogen and oxygen atoms in total. The number of benzene rings is 1. The smallest absolute Gasteiger partial charge is 0.171 e. The minimum Gasteiger partial charge on any atom is -0.358 e. The Labute approximate surface area is 130 Å². The highest BCUT2D eigenvalue weighted by atomic mass is 79.9. The molecular formula is C13H11BrClN3S. The van der Waals surface area contributed by atoms with Crippen molar-refractivity contribution in [1.29, 1.82) is 0 Å². The number of hydrogen-bond acceptors (Lipinski definition) is 2. The quantitative estimate of drug-likeness (QED) is 0.816. The molecule has 0 saturated carbocycles. The van der Waals surface area contributed by atoms with E-state index in [2.05, 4.69) is 31.5 Å². The Morgan fingerprint density at radius 1 is 1.26 bits per heavy atom. The van der Waals surface area contributed by atoms with Gasteiger partial charge in [-0.1, -0.05) is 27.5 Å². The SMILES string of the molecule is S=C(NCc1ccncc1)Nc1ccc(Br)cc1Cl. The normalized spacial score (nSPS) is 10.0. The average molecular weight is 357 g/mol. The minimum absolute atomic E-state index is 0.529. The van der Waals surface area contributed by atoms with Crippen LogP contribution < -0.4 is 10.6 Å². The molecule has 0 saturated heterocycles. The molecule has 2 N–H and O–H groups in total. The number of anilines is 1. The molecule has 19 heavy (non-hydrogen) atoms. The second kappa shape index (κ2) is 6.84. The molecule has 98 valence electrons. The number of pyridine rings is 1. The lowest BCUT2D eigenvalue weighted by molar-refractivity contribution is 0.921. The summed E-state index contributed by atoms with van der Waals surface area (Å²) in [4.78, 5) is 3.96. The van der Waals surface area contributed by atoms with Gasteiger partial charge in [-0.2, -0.15) is 0 Å². The Bertz CT molecular complexity index is 577. The van der Waals surface area contributed by atoms with Gasteiger partial charge in [0.05, 0.1) is 10.7 Å². The second-order valence-electron chi connectivity index (χ2n) is 3.79. The van der Waals surface area contributed by atoms with Gasteiger partial charge in [0.15, 0.2) is 5.11 Å². The number of nitrogens with zero attached hydrogens (tertiary/aromatic N) is 1. The number of thiocarbonyl (C=S) groups is 1. The van der Waals surface area contributed by atoms with Crippen LogP contribution in [-0.2, 0) is 6.54 Å². The molecule has 0 atom stereocenters. The molecule has 2 rings (SSSR count). The number of aromatic nitrogens is 1. The first kappa shape index (κ1) is 14.2. The maximum atomic E-state index is 6.10. The number of hydrogen-bond donors (Lipinski definition) is 2. The largest absolute Gasteiger partial charge is 0.358 e. The van der Waals surface area contributed by atoms with Gasteiger partial charge in [-0.05, 0) is 48.1 Å². The molecule has 2 aromatic rings. The molecule has 1 aromatic carbocycles. The second-order valence-corrected chi connectivity index (χ2v) is 5.52. The third-order valence-electron chi connectivity index (χ3n) is 2.38. The van der Waals surface area contributed by atoms with Crippen LogP contribution in [0.15, 0.2) is 47.2 Å². The van der Waals surface area contributed by atoms with Crippen LogP contribution in [-0.4, -0.2) is 10.1 Å². The van der Waals surface area contributed by atoms with Crippen molar-refractivity contribution < 1.29 is 0 Å². The Morgan fingerprint density at radius 3 is 2.68 bits per heavy atom. The van der Waals surface area contributed by atoms with Crippen molar-refractivity contribution in [3.63, 3.8) is 0 Å². The van der Waals surface area contributed by atoms with E-state index in [0.29, 0.717) is 16.7 Å². The fourth-order valence-electron chi connectivity index (χ4n) is 1.44. The monoisotopic (exact) mass is 355 g/mol. The maximum Gasteiger partial charge on any atom is 0.171 e. The van der Waals surface area contributed by atoms with Crippen molar-refractivity contribution in [2.24, 2.45) is 0 Å². The van der Waals surface area contributed by atoms with Crippen LogP contribution in [0, 0.1) is 0 Å². The first-order valence-corrected chi connectivity index (χ1v) is 7.12. The topological polar surface area (TPSA) is 37.0 Å². The summed E-state index contributed by atoms with van der Waals surface area (Å²) in [5.41, 5.74) is 1.89. The third-order valence-corrected chi connectivity index (χ3v) is 3.43. The van der Waals surface area contributed by atoms with Crippen molar-refractivity contribution in [1.82, 2.24) is 10.3 Å². The first-order chi connectivity index (χ1) is 9.15. The molecule has 6 heteroatoms. The lowest BCUT2D eigenvalue weighted by atomic mass is 10.3. The highest BCUT2D eigenvalue weighted by Crippen LogP contribution is 2.25. The van der Waals surface area contributed by atoms with Crippen LogP contribution in [0.25, 0.3) is 0 Å². The zero-order chi connectivity index (χ0) is 13.7. The van der Waals surface area contributed by atoms with Gasteiger partial charge in [0.25, 0.3) is 0 Å². The van der Waals surface area contributed by atoms with E-state index in [0.717, 1.165) is 15.7 Å². The van der Waals surface area contributed by atoms with Gasteiger partial charge in [0.1, 0.15) is 0 Å². The van der Waals surface area contributed by atoms with Gasteiger partial charge in [-0.3, -0.25) is 4.98 Å². The van der Waals surface area contributed by atoms with Crippen LogP contribution >= 0.6 is 39.7 Å². The van der Waals surface area contributed by atoms with Crippen LogP contribution in [0.2, 0.25) is 5.02 Å². The molecule has 0 aliphatic carbocycles. The Morgan fingerprint density at radius 2 is 2.00 bits per heavy atom. The molecule has 0 radical (unpaired) electrons. The highest BCUT2D eigenvalue weighted by Gasteiger charge is 2.03. The summed E-state index contributed by atoms with van der Waals surface area (Å²) in [7, 11) is 0. The Hall–Kier alpha value is -1.17. The predicted molar refractivity (Wildman–Crippen MR) is 86.4 cm³/mol. The standard InChI is InChI=1S/C13H11BrClN3S/c14-10-1-2-12(11(15)7-10)18-13(19)17-8-9-3-5-16-6-4-9/h1-7H,8H2,(H2,17,18,19). The fraction of sp³-hybridized carbons (Fsp3) is 0.0769. The van der Waals surface area contributed by atoms with Crippen LogP contribution in [0.5, 0.6) is 0 Å². The van der Waals surface area contributed by atoms with Gasteiger partial charge in [0, 0.05) is 23.4 Å². The molecule has 0 amide bonds. The number of halogens is 2. The molecule has 0 spiro atoms.